The van der Waals surface area contributed by atoms with Crippen LogP contribution in [0.4, 0.5) is 22.7 Å². The maximum absolute atomic E-state index is 9.00. The predicted octanol–water partition coefficient (Wildman–Crippen LogP) is 15.4. The second-order valence-electron chi connectivity index (χ2n) is 20.8. The number of aromatic nitrogens is 5. The summed E-state index contributed by atoms with van der Waals surface area (Å²) < 4.78 is 65.7. The Bertz CT molecular complexity index is 4350. The predicted molar refractivity (Wildman–Crippen MR) is 294 cm³/mol. The number of pyridine rings is 2. The Morgan fingerprint density at radius 2 is 1.22 bits per heavy atom. The zero-order chi connectivity index (χ0) is 53.1. The monoisotopic (exact) mass is 1150 g/mol. The largest absolute Gasteiger partial charge is 0.509 e. The van der Waals surface area contributed by atoms with Gasteiger partial charge in [-0.2, -0.15) is 12.1 Å². The molecule has 0 spiro atoms. The molecule has 0 N–H and O–H groups in total. The normalized spacial score (nSPS) is 22.5. The van der Waals surface area contributed by atoms with E-state index in [1.807, 2.05) is 138 Å². The van der Waals surface area contributed by atoms with E-state index >= 15 is 0 Å². The first-order chi connectivity index (χ1) is 38.4. The SMILES string of the molecule is [2H]C([2H])([2H])n1c2ccccc2c2cc3c4ccccc4n(C([2H])([2H])[2H])c3c(N3[CH-]N(c4[c-]c(Oc5[c-]c6c(cc5)c5ccncc5n6-c5cc(C6(c7ccccc7)C7CC8CC(C7)CC6C8)ccn5)ccc4)c4ccccc43)c21.[Pt]. The van der Waals surface area contributed by atoms with Crippen molar-refractivity contribution < 1.29 is 34.0 Å². The molecule has 12 aromatic rings. The molecule has 7 aromatic carbocycles. The van der Waals surface area contributed by atoms with Crippen LogP contribution in [-0.4, -0.2) is 23.7 Å². The molecule has 364 valence electrons. The summed E-state index contributed by atoms with van der Waals surface area (Å²) in [5.41, 5.74) is 8.78. The Hall–Kier alpha value is -7.67. The van der Waals surface area contributed by atoms with Crippen molar-refractivity contribution in [2.45, 2.75) is 37.5 Å². The van der Waals surface area contributed by atoms with Crippen LogP contribution in [0.3, 0.4) is 0 Å². The van der Waals surface area contributed by atoms with Crippen molar-refractivity contribution in [3.05, 3.63) is 206 Å². The molecular formula is C65H50N7OPt-3. The van der Waals surface area contributed by atoms with E-state index < -0.39 is 14.0 Å². The average Bonchev–Trinajstić information content (AvgIpc) is 2.90. The number of hydrogen-bond acceptors (Lipinski definition) is 5. The van der Waals surface area contributed by atoms with E-state index in [0.29, 0.717) is 67.5 Å². The van der Waals surface area contributed by atoms with Crippen molar-refractivity contribution in [2.24, 2.45) is 37.6 Å². The van der Waals surface area contributed by atoms with Crippen molar-refractivity contribution in [1.82, 2.24) is 23.7 Å². The summed E-state index contributed by atoms with van der Waals surface area (Å²) in [5.74, 6) is 4.53. The van der Waals surface area contributed by atoms with Gasteiger partial charge in [0.2, 0.25) is 0 Å². The van der Waals surface area contributed by atoms with Gasteiger partial charge < -0.3 is 28.2 Å². The van der Waals surface area contributed by atoms with Gasteiger partial charge in [0.1, 0.15) is 5.82 Å². The zero-order valence-electron chi connectivity index (χ0n) is 46.0. The third-order valence-corrected chi connectivity index (χ3v) is 17.3. The van der Waals surface area contributed by atoms with E-state index in [1.165, 1.54) is 52.4 Å². The molecule has 0 atom stereocenters. The van der Waals surface area contributed by atoms with Crippen molar-refractivity contribution in [3.63, 3.8) is 0 Å². The zero-order valence-corrected chi connectivity index (χ0v) is 42.3. The standard InChI is InChI=1S/C65H50N7O.Pt/c1-68-55-19-8-6-17-49(55)53-37-54-50-18-7-9-20-56(50)69(2)63(54)64(62(53)68)71-39-70(57-21-10-11-22-58(57)71)46-15-12-16-47(35-46)73-48-23-24-51-52-26-27-66-38-60(52)72(59(51)36-48)61-34-43(25-28-67-61)65(42-13-4-3-5-14-42)44-30-40-29-41(32-44)33-45(65)31-40;/h3-28,34,37-41,44-45H,29-33H2,1-2H3;/q-3;/i1D3,2D3;. The summed E-state index contributed by atoms with van der Waals surface area (Å²) in [6, 6.07) is 59.6. The molecule has 9 heteroatoms. The minimum atomic E-state index is -2.63. The minimum absolute atomic E-state index is 0. The number of anilines is 4. The first-order valence-electron chi connectivity index (χ1n) is 28.5. The molecule has 17 rings (SSSR count). The molecule has 5 aromatic heterocycles. The van der Waals surface area contributed by atoms with E-state index in [9.17, 15) is 0 Å². The van der Waals surface area contributed by atoms with Crippen molar-refractivity contribution in [3.8, 4) is 17.3 Å². The van der Waals surface area contributed by atoms with Crippen LogP contribution < -0.4 is 14.5 Å². The molecule has 6 heterocycles. The molecular weight excluding hydrogens is 1090 g/mol. The number of ether oxygens (including phenoxy) is 1. The Kier molecular flexibility index (Phi) is 8.43. The van der Waals surface area contributed by atoms with Gasteiger partial charge in [0.25, 0.3) is 0 Å². The van der Waals surface area contributed by atoms with Gasteiger partial charge in [-0.25, -0.2) is 4.98 Å². The van der Waals surface area contributed by atoms with Gasteiger partial charge in [-0.05, 0) is 121 Å². The summed E-state index contributed by atoms with van der Waals surface area (Å²) in [5, 5.41) is 4.93. The van der Waals surface area contributed by atoms with Gasteiger partial charge in [-0.1, -0.05) is 84.4 Å². The molecule has 0 amide bonds. The molecule has 4 bridgehead atoms. The van der Waals surface area contributed by atoms with E-state index in [1.54, 1.807) is 0 Å². The molecule has 0 saturated heterocycles. The third-order valence-electron chi connectivity index (χ3n) is 17.3. The summed E-state index contributed by atoms with van der Waals surface area (Å²) >= 11 is 0. The molecule has 4 aliphatic carbocycles. The van der Waals surface area contributed by atoms with E-state index in [0.717, 1.165) is 61.6 Å². The third kappa shape index (κ3) is 6.12. The van der Waals surface area contributed by atoms with Crippen LogP contribution in [0.2, 0.25) is 0 Å². The number of aryl methyl sites for hydroxylation is 2. The second-order valence-corrected chi connectivity index (χ2v) is 20.8. The van der Waals surface area contributed by atoms with E-state index in [-0.39, 0.29) is 26.5 Å². The number of hydrogen-bond donors (Lipinski definition) is 0. The molecule has 4 fully saturated rings. The van der Waals surface area contributed by atoms with Gasteiger partial charge in [-0.3, -0.25) is 4.98 Å². The number of nitrogens with zero attached hydrogens (tertiary/aromatic N) is 7. The summed E-state index contributed by atoms with van der Waals surface area (Å²) in [4.78, 5) is 13.7. The Labute approximate surface area is 452 Å². The fourth-order valence-corrected chi connectivity index (χ4v) is 14.6. The number of fused-ring (bicyclic) bond motifs is 10. The van der Waals surface area contributed by atoms with Crippen LogP contribution in [0.1, 0.15) is 51.5 Å². The second kappa shape index (κ2) is 16.4. The Morgan fingerprint density at radius 1 is 0.568 bits per heavy atom. The minimum Gasteiger partial charge on any atom is -0.509 e. The number of rotatable bonds is 7. The van der Waals surface area contributed by atoms with Crippen LogP contribution in [0.5, 0.6) is 11.5 Å². The fourth-order valence-electron chi connectivity index (χ4n) is 14.6. The van der Waals surface area contributed by atoms with Gasteiger partial charge in [-0.15, -0.1) is 48.1 Å². The van der Waals surface area contributed by atoms with E-state index in [2.05, 4.69) is 76.3 Å². The number of para-hydroxylation sites is 4. The maximum atomic E-state index is 9.00. The molecule has 74 heavy (non-hydrogen) atoms. The summed E-state index contributed by atoms with van der Waals surface area (Å²) in [6.45, 7) is -3.37. The van der Waals surface area contributed by atoms with Crippen LogP contribution in [0, 0.1) is 42.5 Å². The average molecular weight is 1150 g/mol. The smallest absolute Gasteiger partial charge is 0.135 e. The molecule has 4 saturated carbocycles. The summed E-state index contributed by atoms with van der Waals surface area (Å²) in [7, 11) is 0. The van der Waals surface area contributed by atoms with Crippen molar-refractivity contribution in [2.75, 3.05) is 9.80 Å². The number of benzene rings is 7. The van der Waals surface area contributed by atoms with Crippen LogP contribution in [0.15, 0.2) is 176 Å². The molecule has 0 radical (unpaired) electrons. The van der Waals surface area contributed by atoms with Crippen molar-refractivity contribution >= 4 is 88.2 Å². The molecule has 8 nitrogen and oxygen atoms in total. The van der Waals surface area contributed by atoms with Gasteiger partial charge >= 0.3 is 0 Å². The van der Waals surface area contributed by atoms with Gasteiger partial charge in [0.15, 0.2) is 0 Å². The van der Waals surface area contributed by atoms with E-state index in [4.69, 9.17) is 17.9 Å². The van der Waals surface area contributed by atoms with Gasteiger partial charge in [0, 0.05) is 117 Å². The molecule has 0 unspecified atom stereocenters. The molecule has 1 aliphatic heterocycles. The Balaban J connectivity index is 0.00000552. The first kappa shape index (κ1) is 38.0. The van der Waals surface area contributed by atoms with Crippen LogP contribution in [-0.2, 0) is 40.4 Å². The Morgan fingerprint density at radius 3 is 1.93 bits per heavy atom. The summed E-state index contributed by atoms with van der Waals surface area (Å²) in [6.07, 6.45) is 12.2. The fraction of sp³-hybridized carbons (Fsp3) is 0.185. The van der Waals surface area contributed by atoms with Crippen LogP contribution >= 0.6 is 0 Å². The quantitative estimate of drug-likeness (QED) is 0.149. The maximum Gasteiger partial charge on any atom is 0.135 e. The molecule has 5 aliphatic rings. The van der Waals surface area contributed by atoms with Crippen LogP contribution in [0.25, 0.3) is 71.2 Å². The first-order valence-corrected chi connectivity index (χ1v) is 25.5. The van der Waals surface area contributed by atoms with Crippen molar-refractivity contribution in [1.29, 1.82) is 0 Å². The van der Waals surface area contributed by atoms with Gasteiger partial charge in [0.05, 0.1) is 28.4 Å². The topological polar surface area (TPSA) is 56.3 Å².